The number of imide groups is 1. The maximum absolute atomic E-state index is 13.3. The Labute approximate surface area is 210 Å². The molecule has 3 rings (SSSR count). The SMILES string of the molecule is CCCCN(C(=O)N[C@@H](CSCc1ccccc1)C(=O)O)C(=O)c1cccc(-c2ccccc2)c1. The lowest BCUT2D eigenvalue weighted by atomic mass is 10.0. The van der Waals surface area contributed by atoms with Gasteiger partial charge in [0.15, 0.2) is 0 Å². The van der Waals surface area contributed by atoms with Crippen molar-refractivity contribution in [2.75, 3.05) is 12.3 Å². The smallest absolute Gasteiger partial charge is 0.327 e. The maximum Gasteiger partial charge on any atom is 0.327 e. The van der Waals surface area contributed by atoms with Gasteiger partial charge in [-0.3, -0.25) is 9.69 Å². The van der Waals surface area contributed by atoms with E-state index in [1.807, 2.05) is 73.7 Å². The Hall–Kier alpha value is -3.58. The number of carboxylic acid groups (broad SMARTS) is 1. The molecule has 0 fully saturated rings. The number of carboxylic acids is 1. The highest BCUT2D eigenvalue weighted by Crippen LogP contribution is 2.21. The molecule has 0 spiro atoms. The number of unbranched alkanes of at least 4 members (excludes halogenated alkanes) is 1. The number of rotatable bonds is 11. The van der Waals surface area contributed by atoms with Crippen molar-refractivity contribution in [1.82, 2.24) is 10.2 Å². The normalized spacial score (nSPS) is 11.5. The first kappa shape index (κ1) is 26.0. The van der Waals surface area contributed by atoms with Crippen LogP contribution in [0.25, 0.3) is 11.1 Å². The van der Waals surface area contributed by atoms with Gasteiger partial charge >= 0.3 is 12.0 Å². The van der Waals surface area contributed by atoms with Crippen LogP contribution in [0.5, 0.6) is 0 Å². The topological polar surface area (TPSA) is 86.7 Å². The van der Waals surface area contributed by atoms with Gasteiger partial charge in [-0.1, -0.05) is 86.1 Å². The van der Waals surface area contributed by atoms with E-state index in [9.17, 15) is 19.5 Å². The summed E-state index contributed by atoms with van der Waals surface area (Å²) < 4.78 is 0. The number of hydrogen-bond donors (Lipinski definition) is 2. The van der Waals surface area contributed by atoms with E-state index < -0.39 is 23.9 Å². The first-order valence-corrected chi connectivity index (χ1v) is 12.8. The molecule has 0 saturated carbocycles. The van der Waals surface area contributed by atoms with Crippen LogP contribution in [-0.2, 0) is 10.5 Å². The molecule has 3 aromatic carbocycles. The molecule has 0 bridgehead atoms. The molecule has 1 atom stereocenters. The third-order valence-electron chi connectivity index (χ3n) is 5.43. The van der Waals surface area contributed by atoms with Gasteiger partial charge in [0.25, 0.3) is 5.91 Å². The van der Waals surface area contributed by atoms with E-state index >= 15 is 0 Å². The predicted molar refractivity (Wildman–Crippen MR) is 140 cm³/mol. The van der Waals surface area contributed by atoms with Crippen molar-refractivity contribution in [3.05, 3.63) is 96.1 Å². The van der Waals surface area contributed by atoms with Crippen LogP contribution in [-0.4, -0.2) is 46.3 Å². The monoisotopic (exact) mass is 490 g/mol. The summed E-state index contributed by atoms with van der Waals surface area (Å²) in [4.78, 5) is 39.4. The van der Waals surface area contributed by atoms with Gasteiger partial charge in [-0.15, -0.1) is 0 Å². The molecule has 6 nitrogen and oxygen atoms in total. The standard InChI is InChI=1S/C28H30N2O4S/c1-2-3-17-30(26(31)24-16-10-15-23(18-24)22-13-8-5-9-14-22)28(34)29-25(27(32)33)20-35-19-21-11-6-4-7-12-21/h4-16,18,25H,2-3,17,19-20H2,1H3,(H,29,34)(H,32,33)/t25-/m0/s1. The Morgan fingerprint density at radius 1 is 0.914 bits per heavy atom. The molecule has 0 heterocycles. The van der Waals surface area contributed by atoms with Crippen molar-refractivity contribution < 1.29 is 19.5 Å². The van der Waals surface area contributed by atoms with Crippen LogP contribution in [0.2, 0.25) is 0 Å². The zero-order chi connectivity index (χ0) is 25.0. The minimum absolute atomic E-state index is 0.190. The summed E-state index contributed by atoms with van der Waals surface area (Å²) in [6.45, 7) is 2.18. The van der Waals surface area contributed by atoms with E-state index in [-0.39, 0.29) is 12.3 Å². The fourth-order valence-corrected chi connectivity index (χ4v) is 4.51. The predicted octanol–water partition coefficient (Wildman–Crippen LogP) is 5.69. The summed E-state index contributed by atoms with van der Waals surface area (Å²) in [7, 11) is 0. The van der Waals surface area contributed by atoms with Crippen LogP contribution in [0.15, 0.2) is 84.9 Å². The Morgan fingerprint density at radius 3 is 2.23 bits per heavy atom. The molecule has 7 heteroatoms. The molecule has 0 radical (unpaired) electrons. The number of aliphatic carboxylic acids is 1. The number of amides is 3. The molecular weight excluding hydrogens is 460 g/mol. The Bertz CT molecular complexity index is 1120. The zero-order valence-electron chi connectivity index (χ0n) is 19.7. The summed E-state index contributed by atoms with van der Waals surface area (Å²) in [5.41, 5.74) is 3.29. The Balaban J connectivity index is 1.71. The summed E-state index contributed by atoms with van der Waals surface area (Å²) in [6, 6.07) is 24.7. The van der Waals surface area contributed by atoms with Crippen LogP contribution in [0.1, 0.15) is 35.7 Å². The van der Waals surface area contributed by atoms with Crippen molar-refractivity contribution in [1.29, 1.82) is 0 Å². The number of hydrogen-bond acceptors (Lipinski definition) is 4. The first-order chi connectivity index (χ1) is 17.0. The molecule has 0 aliphatic heterocycles. The van der Waals surface area contributed by atoms with Gasteiger partial charge < -0.3 is 10.4 Å². The second-order valence-electron chi connectivity index (χ2n) is 8.10. The van der Waals surface area contributed by atoms with Crippen LogP contribution in [0.3, 0.4) is 0 Å². The van der Waals surface area contributed by atoms with Crippen LogP contribution >= 0.6 is 11.8 Å². The largest absolute Gasteiger partial charge is 0.480 e. The van der Waals surface area contributed by atoms with E-state index in [0.717, 1.165) is 28.0 Å². The minimum Gasteiger partial charge on any atom is -0.480 e. The number of urea groups is 1. The number of benzene rings is 3. The number of nitrogens with one attached hydrogen (secondary N) is 1. The van der Waals surface area contributed by atoms with Crippen molar-refractivity contribution in [3.8, 4) is 11.1 Å². The lowest BCUT2D eigenvalue weighted by molar-refractivity contribution is -0.138. The Morgan fingerprint density at radius 2 is 1.57 bits per heavy atom. The number of carbonyl (C=O) groups excluding carboxylic acids is 2. The zero-order valence-corrected chi connectivity index (χ0v) is 20.5. The highest BCUT2D eigenvalue weighted by atomic mass is 32.2. The van der Waals surface area contributed by atoms with Crippen molar-refractivity contribution in [2.24, 2.45) is 0 Å². The molecule has 2 N–H and O–H groups in total. The first-order valence-electron chi connectivity index (χ1n) is 11.6. The molecule has 0 aromatic heterocycles. The molecule has 0 aliphatic carbocycles. The van der Waals surface area contributed by atoms with Gasteiger partial charge in [-0.2, -0.15) is 11.8 Å². The average molecular weight is 491 g/mol. The number of nitrogens with zero attached hydrogens (tertiary/aromatic N) is 1. The lowest BCUT2D eigenvalue weighted by Gasteiger charge is -2.24. The van der Waals surface area contributed by atoms with Gasteiger partial charge in [0.1, 0.15) is 6.04 Å². The molecule has 35 heavy (non-hydrogen) atoms. The fraction of sp³-hybridized carbons (Fsp3) is 0.250. The number of thioether (sulfide) groups is 1. The summed E-state index contributed by atoms with van der Waals surface area (Å²) >= 11 is 1.42. The lowest BCUT2D eigenvalue weighted by Crippen LogP contribution is -2.51. The van der Waals surface area contributed by atoms with Gasteiger partial charge in [-0.05, 0) is 35.2 Å². The molecule has 182 valence electrons. The second-order valence-corrected chi connectivity index (χ2v) is 9.13. The average Bonchev–Trinajstić information content (AvgIpc) is 2.89. The van der Waals surface area contributed by atoms with Gasteiger partial charge in [0, 0.05) is 23.6 Å². The van der Waals surface area contributed by atoms with Crippen LogP contribution < -0.4 is 5.32 Å². The van der Waals surface area contributed by atoms with Gasteiger partial charge in [-0.25, -0.2) is 9.59 Å². The molecule has 3 amide bonds. The van der Waals surface area contributed by atoms with E-state index in [2.05, 4.69) is 5.32 Å². The van der Waals surface area contributed by atoms with E-state index in [1.54, 1.807) is 18.2 Å². The van der Waals surface area contributed by atoms with E-state index in [0.29, 0.717) is 17.7 Å². The minimum atomic E-state index is -1.13. The van der Waals surface area contributed by atoms with Crippen LogP contribution in [0, 0.1) is 0 Å². The Kier molecular flexibility index (Phi) is 9.93. The fourth-order valence-electron chi connectivity index (χ4n) is 3.50. The third-order valence-corrected chi connectivity index (χ3v) is 6.54. The second kappa shape index (κ2) is 13.3. The number of carbonyl (C=O) groups is 3. The summed E-state index contributed by atoms with van der Waals surface area (Å²) in [5, 5.41) is 12.2. The maximum atomic E-state index is 13.3. The van der Waals surface area contributed by atoms with E-state index in [1.165, 1.54) is 11.8 Å². The highest BCUT2D eigenvalue weighted by Gasteiger charge is 2.27. The van der Waals surface area contributed by atoms with Crippen molar-refractivity contribution >= 4 is 29.7 Å². The molecule has 3 aromatic rings. The molecular formula is C28H30N2O4S. The van der Waals surface area contributed by atoms with Crippen molar-refractivity contribution in [2.45, 2.75) is 31.6 Å². The molecule has 0 unspecified atom stereocenters. The highest BCUT2D eigenvalue weighted by molar-refractivity contribution is 7.98. The molecule has 0 aliphatic rings. The van der Waals surface area contributed by atoms with Crippen LogP contribution in [0.4, 0.5) is 4.79 Å². The van der Waals surface area contributed by atoms with Gasteiger partial charge in [0.05, 0.1) is 0 Å². The van der Waals surface area contributed by atoms with Crippen molar-refractivity contribution in [3.63, 3.8) is 0 Å². The third kappa shape index (κ3) is 7.72. The quantitative estimate of drug-likeness (QED) is 0.360. The summed E-state index contributed by atoms with van der Waals surface area (Å²) in [6.07, 6.45) is 1.41. The summed E-state index contributed by atoms with van der Waals surface area (Å²) in [5.74, 6) is -0.761. The van der Waals surface area contributed by atoms with Gasteiger partial charge in [0.2, 0.25) is 0 Å². The van der Waals surface area contributed by atoms with E-state index in [4.69, 9.17) is 0 Å². The molecule has 0 saturated heterocycles.